The molecular weight excluding hydrogens is 366 g/mol. The van der Waals surface area contributed by atoms with Crippen LogP contribution >= 0.6 is 0 Å². The van der Waals surface area contributed by atoms with E-state index in [1.54, 1.807) is 0 Å². The Bertz CT molecular complexity index is 871. The van der Waals surface area contributed by atoms with Crippen LogP contribution < -0.4 is 4.90 Å². The van der Waals surface area contributed by atoms with Gasteiger partial charge in [-0.3, -0.25) is 4.79 Å². The number of morpholine rings is 1. The molecule has 2 fully saturated rings. The van der Waals surface area contributed by atoms with Crippen LogP contribution in [0, 0.1) is 5.92 Å². The van der Waals surface area contributed by atoms with Gasteiger partial charge in [-0.25, -0.2) is 4.98 Å². The number of likely N-dealkylation sites (tertiary alicyclic amines) is 1. The van der Waals surface area contributed by atoms with Crippen molar-refractivity contribution in [1.29, 1.82) is 0 Å². The molecule has 2 unspecified atom stereocenters. The predicted molar refractivity (Wildman–Crippen MR) is 116 cm³/mol. The number of ether oxygens (including phenoxy) is 1. The maximum absolute atomic E-state index is 13.2. The van der Waals surface area contributed by atoms with Gasteiger partial charge in [-0.05, 0) is 44.6 Å². The van der Waals surface area contributed by atoms with Gasteiger partial charge in [-0.1, -0.05) is 13.3 Å². The Hall–Kier alpha value is -2.12. The number of rotatable bonds is 5. The summed E-state index contributed by atoms with van der Waals surface area (Å²) in [6, 6.07) is 6.38. The van der Waals surface area contributed by atoms with Crippen molar-refractivity contribution >= 4 is 22.9 Å². The van der Waals surface area contributed by atoms with Gasteiger partial charge in [0.15, 0.2) is 0 Å². The zero-order chi connectivity index (χ0) is 20.5. The molecule has 1 aromatic carbocycles. The smallest absolute Gasteiger partial charge is 0.253 e. The van der Waals surface area contributed by atoms with Gasteiger partial charge in [0.1, 0.15) is 0 Å². The first-order chi connectivity index (χ1) is 14.0. The van der Waals surface area contributed by atoms with Crippen molar-refractivity contribution in [3.63, 3.8) is 0 Å². The number of carbonyl (C=O) groups excluding carboxylic acids is 1. The molecule has 1 amide bonds. The number of hydrogen-bond acceptors (Lipinski definition) is 5. The van der Waals surface area contributed by atoms with Crippen molar-refractivity contribution in [2.45, 2.75) is 25.8 Å². The number of hydrogen-bond donors (Lipinski definition) is 0. The average Bonchev–Trinajstić information content (AvgIpc) is 3.30. The van der Waals surface area contributed by atoms with E-state index in [1.165, 1.54) is 0 Å². The lowest BCUT2D eigenvalue weighted by atomic mass is 9.98. The molecule has 7 nitrogen and oxygen atoms in total. The molecule has 2 aromatic rings. The van der Waals surface area contributed by atoms with Gasteiger partial charge in [0.2, 0.25) is 5.95 Å². The molecule has 0 saturated carbocycles. The van der Waals surface area contributed by atoms with Gasteiger partial charge >= 0.3 is 0 Å². The van der Waals surface area contributed by atoms with E-state index in [2.05, 4.69) is 35.4 Å². The van der Waals surface area contributed by atoms with E-state index in [0.29, 0.717) is 12.0 Å². The number of nitrogens with zero attached hydrogens (tertiary/aromatic N) is 5. The summed E-state index contributed by atoms with van der Waals surface area (Å²) in [5.74, 6) is 1.62. The third kappa shape index (κ3) is 3.85. The first kappa shape index (κ1) is 20.2. The number of amides is 1. The number of aromatic nitrogens is 2. The van der Waals surface area contributed by atoms with Gasteiger partial charge in [-0.2, -0.15) is 0 Å². The normalized spacial score (nSPS) is 22.8. The maximum atomic E-state index is 13.2. The van der Waals surface area contributed by atoms with Crippen LogP contribution in [0.5, 0.6) is 0 Å². The zero-order valence-electron chi connectivity index (χ0n) is 18.1. The van der Waals surface area contributed by atoms with E-state index in [9.17, 15) is 4.79 Å². The molecule has 0 spiro atoms. The molecule has 0 bridgehead atoms. The minimum absolute atomic E-state index is 0.121. The van der Waals surface area contributed by atoms with E-state index in [-0.39, 0.29) is 5.91 Å². The maximum Gasteiger partial charge on any atom is 0.253 e. The molecule has 3 heterocycles. The second-order valence-electron chi connectivity index (χ2n) is 8.56. The predicted octanol–water partition coefficient (Wildman–Crippen LogP) is 2.21. The topological polar surface area (TPSA) is 53.8 Å². The highest BCUT2D eigenvalue weighted by molar-refractivity contribution is 5.98. The van der Waals surface area contributed by atoms with E-state index in [1.807, 2.05) is 30.1 Å². The second kappa shape index (κ2) is 8.32. The van der Waals surface area contributed by atoms with Gasteiger partial charge < -0.3 is 24.0 Å². The van der Waals surface area contributed by atoms with Crippen LogP contribution in [0.1, 0.15) is 30.1 Å². The van der Waals surface area contributed by atoms with Gasteiger partial charge in [0.25, 0.3) is 5.91 Å². The number of likely N-dealkylation sites (N-methyl/N-ethyl adjacent to an activating group) is 1. The zero-order valence-corrected chi connectivity index (χ0v) is 18.1. The second-order valence-corrected chi connectivity index (χ2v) is 8.56. The molecule has 4 rings (SSSR count). The highest BCUT2D eigenvalue weighted by atomic mass is 16.5. The van der Waals surface area contributed by atoms with E-state index < -0.39 is 0 Å². The Labute approximate surface area is 173 Å². The molecule has 158 valence electrons. The average molecular weight is 400 g/mol. The van der Waals surface area contributed by atoms with Gasteiger partial charge in [0.05, 0.1) is 24.2 Å². The molecule has 0 radical (unpaired) electrons. The van der Waals surface area contributed by atoms with E-state index in [4.69, 9.17) is 9.72 Å². The number of fused-ring (bicyclic) bond motifs is 1. The Kier molecular flexibility index (Phi) is 5.79. The van der Waals surface area contributed by atoms with Crippen molar-refractivity contribution in [2.75, 3.05) is 58.4 Å². The number of anilines is 1. The first-order valence-electron chi connectivity index (χ1n) is 10.7. The number of aryl methyl sites for hydroxylation is 1. The molecule has 2 saturated heterocycles. The molecule has 2 aliphatic heterocycles. The quantitative estimate of drug-likeness (QED) is 0.772. The van der Waals surface area contributed by atoms with Crippen LogP contribution in [0.15, 0.2) is 18.2 Å². The summed E-state index contributed by atoms with van der Waals surface area (Å²) in [6.45, 7) is 7.02. The molecule has 0 aliphatic carbocycles. The number of benzene rings is 1. The van der Waals surface area contributed by atoms with Crippen LogP contribution in [-0.4, -0.2) is 84.8 Å². The first-order valence-corrected chi connectivity index (χ1v) is 10.7. The van der Waals surface area contributed by atoms with Crippen molar-refractivity contribution in [2.24, 2.45) is 13.0 Å². The molecule has 0 N–H and O–H groups in total. The highest BCUT2D eigenvalue weighted by Gasteiger charge is 2.36. The summed E-state index contributed by atoms with van der Waals surface area (Å²) in [5.41, 5.74) is 2.67. The largest absolute Gasteiger partial charge is 0.378 e. The summed E-state index contributed by atoms with van der Waals surface area (Å²) in [4.78, 5) is 24.6. The van der Waals surface area contributed by atoms with Crippen molar-refractivity contribution < 1.29 is 9.53 Å². The standard InChI is InChI=1S/C22H33N5O2/c1-5-6-17-14-27(15-20(17)24(2)3)21(28)16-7-8-19-18(13-16)23-22(25(19)4)26-9-11-29-12-10-26/h7-8,13,17,20H,5-6,9-12,14-15H2,1-4H3. The molecule has 7 heteroatoms. The van der Waals surface area contributed by atoms with Gasteiger partial charge in [-0.15, -0.1) is 0 Å². The molecule has 1 aromatic heterocycles. The van der Waals surface area contributed by atoms with Crippen molar-refractivity contribution in [1.82, 2.24) is 19.4 Å². The highest BCUT2D eigenvalue weighted by Crippen LogP contribution is 2.28. The Morgan fingerprint density at radius 2 is 2.00 bits per heavy atom. The third-order valence-corrected chi connectivity index (χ3v) is 6.41. The fraction of sp³-hybridized carbons (Fsp3) is 0.636. The molecule has 2 aliphatic rings. The fourth-order valence-corrected chi connectivity index (χ4v) is 4.81. The molecule has 2 atom stereocenters. The minimum Gasteiger partial charge on any atom is -0.378 e. The van der Waals surface area contributed by atoms with Crippen molar-refractivity contribution in [3.8, 4) is 0 Å². The summed E-state index contributed by atoms with van der Waals surface area (Å²) >= 11 is 0. The van der Waals surface area contributed by atoms with E-state index in [0.717, 1.165) is 74.8 Å². The van der Waals surface area contributed by atoms with Crippen LogP contribution in [-0.2, 0) is 11.8 Å². The van der Waals surface area contributed by atoms with Crippen LogP contribution in [0.2, 0.25) is 0 Å². The lowest BCUT2D eigenvalue weighted by Gasteiger charge is -2.27. The minimum atomic E-state index is 0.121. The SMILES string of the molecule is CCCC1CN(C(=O)c2ccc3c(c2)nc(N2CCOCC2)n3C)CC1N(C)C. The number of carbonyl (C=O) groups is 1. The number of imidazole rings is 1. The van der Waals surface area contributed by atoms with E-state index >= 15 is 0 Å². The molecule has 29 heavy (non-hydrogen) atoms. The Morgan fingerprint density at radius 3 is 2.69 bits per heavy atom. The summed E-state index contributed by atoms with van der Waals surface area (Å²) < 4.78 is 7.58. The van der Waals surface area contributed by atoms with Crippen molar-refractivity contribution in [3.05, 3.63) is 23.8 Å². The summed E-state index contributed by atoms with van der Waals surface area (Å²) in [6.07, 6.45) is 2.32. The monoisotopic (exact) mass is 399 g/mol. The van der Waals surface area contributed by atoms with Crippen LogP contribution in [0.4, 0.5) is 5.95 Å². The Balaban J connectivity index is 1.57. The lowest BCUT2D eigenvalue weighted by Crippen LogP contribution is -2.37. The van der Waals surface area contributed by atoms with Crippen LogP contribution in [0.3, 0.4) is 0 Å². The summed E-state index contributed by atoms with van der Waals surface area (Å²) in [7, 11) is 6.28. The third-order valence-electron chi connectivity index (χ3n) is 6.41. The molecular formula is C22H33N5O2. The van der Waals surface area contributed by atoms with Gasteiger partial charge in [0, 0.05) is 44.8 Å². The Morgan fingerprint density at radius 1 is 1.24 bits per heavy atom. The fourth-order valence-electron chi connectivity index (χ4n) is 4.81. The lowest BCUT2D eigenvalue weighted by molar-refractivity contribution is 0.0781. The summed E-state index contributed by atoms with van der Waals surface area (Å²) in [5, 5.41) is 0. The van der Waals surface area contributed by atoms with Crippen LogP contribution in [0.25, 0.3) is 11.0 Å².